The Morgan fingerprint density at radius 3 is 2.74 bits per heavy atom. The molecule has 0 aliphatic carbocycles. The fraction of sp³-hybridized carbons (Fsp3) is 0.462. The van der Waals surface area contributed by atoms with Gasteiger partial charge in [-0.1, -0.05) is 19.4 Å². The number of para-hydroxylation sites is 1. The number of rotatable bonds is 3. The van der Waals surface area contributed by atoms with E-state index in [1.54, 1.807) is 12.1 Å². The third kappa shape index (κ3) is 2.89. The van der Waals surface area contributed by atoms with E-state index in [4.69, 9.17) is 0 Å². The van der Waals surface area contributed by atoms with Gasteiger partial charge in [0.1, 0.15) is 0 Å². The summed E-state index contributed by atoms with van der Waals surface area (Å²) < 4.78 is 23.5. The largest absolute Gasteiger partial charge is 0.383 e. The van der Waals surface area contributed by atoms with Crippen molar-refractivity contribution >= 4 is 27.1 Å². The van der Waals surface area contributed by atoms with Gasteiger partial charge in [0.15, 0.2) is 9.84 Å². The molecule has 6 heteroatoms. The quantitative estimate of drug-likeness (QED) is 0.887. The normalized spacial score (nSPS) is 19.1. The highest BCUT2D eigenvalue weighted by atomic mass is 32.2. The molecular formula is C13H18N2O3S. The van der Waals surface area contributed by atoms with Crippen LogP contribution in [-0.4, -0.2) is 27.1 Å². The first-order valence-corrected chi connectivity index (χ1v) is 8.20. The Balaban J connectivity index is 2.44. The minimum atomic E-state index is -3.37. The molecule has 2 rings (SSSR count). The van der Waals surface area contributed by atoms with Crippen molar-refractivity contribution < 1.29 is 13.2 Å². The van der Waals surface area contributed by atoms with Crippen molar-refractivity contribution in [3.8, 4) is 0 Å². The van der Waals surface area contributed by atoms with E-state index in [-0.39, 0.29) is 16.7 Å². The molecule has 1 atom stereocenters. The molecule has 1 heterocycles. The summed E-state index contributed by atoms with van der Waals surface area (Å²) in [4.78, 5) is 12.3. The number of carbonyl (C=O) groups is 1. The van der Waals surface area contributed by atoms with Crippen molar-refractivity contribution in [2.24, 2.45) is 5.92 Å². The van der Waals surface area contributed by atoms with E-state index in [1.165, 1.54) is 6.07 Å². The summed E-state index contributed by atoms with van der Waals surface area (Å²) in [6.45, 7) is 2.55. The summed E-state index contributed by atoms with van der Waals surface area (Å²) in [6.07, 6.45) is 2.83. The number of fused-ring (bicyclic) bond motifs is 1. The van der Waals surface area contributed by atoms with Crippen LogP contribution in [0.1, 0.15) is 19.8 Å². The molecule has 1 unspecified atom stereocenters. The van der Waals surface area contributed by atoms with Crippen LogP contribution in [0.4, 0.5) is 11.4 Å². The van der Waals surface area contributed by atoms with Gasteiger partial charge in [-0.2, -0.15) is 0 Å². The molecule has 1 aliphatic rings. The second kappa shape index (κ2) is 5.21. The van der Waals surface area contributed by atoms with E-state index in [9.17, 15) is 13.2 Å². The molecule has 0 spiro atoms. The standard InChI is InChI=1S/C13H18N2O3S/c1-3-5-9-8-14-10-6-4-7-11(19(2,17)18)12(10)15-13(9)16/h4,6-7,9,14H,3,5,8H2,1-2H3,(H,15,16). The average Bonchev–Trinajstić information content (AvgIpc) is 2.48. The summed E-state index contributed by atoms with van der Waals surface area (Å²) >= 11 is 0. The Kier molecular flexibility index (Phi) is 3.80. The minimum Gasteiger partial charge on any atom is -0.383 e. The molecule has 1 aromatic carbocycles. The lowest BCUT2D eigenvalue weighted by atomic mass is 10.0. The summed E-state index contributed by atoms with van der Waals surface area (Å²) in [7, 11) is -3.37. The average molecular weight is 282 g/mol. The summed E-state index contributed by atoms with van der Waals surface area (Å²) in [5, 5.41) is 5.91. The number of nitrogens with one attached hydrogen (secondary N) is 2. The Bertz CT molecular complexity index is 596. The maximum atomic E-state index is 12.1. The molecule has 0 saturated carbocycles. The molecule has 0 bridgehead atoms. The third-order valence-electron chi connectivity index (χ3n) is 3.22. The van der Waals surface area contributed by atoms with Crippen LogP contribution in [0.2, 0.25) is 0 Å². The number of benzene rings is 1. The second-order valence-corrected chi connectivity index (χ2v) is 6.79. The van der Waals surface area contributed by atoms with E-state index in [2.05, 4.69) is 10.6 Å². The van der Waals surface area contributed by atoms with E-state index in [1.807, 2.05) is 6.92 Å². The van der Waals surface area contributed by atoms with E-state index >= 15 is 0 Å². The van der Waals surface area contributed by atoms with E-state index in [0.29, 0.717) is 17.9 Å². The Morgan fingerprint density at radius 1 is 1.37 bits per heavy atom. The lowest BCUT2D eigenvalue weighted by Gasteiger charge is -2.12. The number of hydrogen-bond donors (Lipinski definition) is 2. The molecule has 19 heavy (non-hydrogen) atoms. The highest BCUT2D eigenvalue weighted by Crippen LogP contribution is 2.32. The molecule has 0 fully saturated rings. The zero-order valence-electron chi connectivity index (χ0n) is 11.1. The number of carbonyl (C=O) groups excluding carboxylic acids is 1. The monoisotopic (exact) mass is 282 g/mol. The zero-order chi connectivity index (χ0) is 14.0. The van der Waals surface area contributed by atoms with Crippen molar-refractivity contribution in [3.63, 3.8) is 0 Å². The summed E-state index contributed by atoms with van der Waals surface area (Å²) in [5.41, 5.74) is 1.03. The Morgan fingerprint density at radius 2 is 2.11 bits per heavy atom. The molecule has 1 aromatic rings. The third-order valence-corrected chi connectivity index (χ3v) is 4.36. The van der Waals surface area contributed by atoms with Gasteiger partial charge in [0.05, 0.1) is 22.2 Å². The Hall–Kier alpha value is -1.56. The van der Waals surface area contributed by atoms with Gasteiger partial charge in [0.25, 0.3) is 0 Å². The summed E-state index contributed by atoms with van der Waals surface area (Å²) in [6, 6.07) is 4.96. The predicted molar refractivity (Wildman–Crippen MR) is 75.1 cm³/mol. The van der Waals surface area contributed by atoms with Gasteiger partial charge in [0, 0.05) is 12.8 Å². The molecule has 5 nitrogen and oxygen atoms in total. The van der Waals surface area contributed by atoms with Crippen LogP contribution >= 0.6 is 0 Å². The van der Waals surface area contributed by atoms with Crippen LogP contribution in [0.5, 0.6) is 0 Å². The van der Waals surface area contributed by atoms with Gasteiger partial charge >= 0.3 is 0 Å². The Labute approximate surface area is 113 Å². The van der Waals surface area contributed by atoms with Crippen LogP contribution in [0, 0.1) is 5.92 Å². The molecule has 1 amide bonds. The molecule has 1 aliphatic heterocycles. The highest BCUT2D eigenvalue weighted by Gasteiger charge is 2.26. The van der Waals surface area contributed by atoms with E-state index in [0.717, 1.165) is 19.1 Å². The van der Waals surface area contributed by atoms with Crippen LogP contribution in [0.25, 0.3) is 0 Å². The van der Waals surface area contributed by atoms with Gasteiger partial charge in [-0.15, -0.1) is 0 Å². The van der Waals surface area contributed by atoms with Gasteiger partial charge in [-0.25, -0.2) is 8.42 Å². The van der Waals surface area contributed by atoms with Crippen molar-refractivity contribution in [1.29, 1.82) is 0 Å². The maximum absolute atomic E-state index is 12.1. The summed E-state index contributed by atoms with van der Waals surface area (Å²) in [5.74, 6) is -0.256. The first kappa shape index (κ1) is 13.9. The fourth-order valence-electron chi connectivity index (χ4n) is 2.25. The van der Waals surface area contributed by atoms with Crippen LogP contribution in [0.3, 0.4) is 0 Å². The maximum Gasteiger partial charge on any atom is 0.229 e. The molecule has 0 aromatic heterocycles. The van der Waals surface area contributed by atoms with Gasteiger partial charge < -0.3 is 10.6 Å². The first-order valence-electron chi connectivity index (χ1n) is 6.31. The lowest BCUT2D eigenvalue weighted by molar-refractivity contribution is -0.119. The number of amides is 1. The lowest BCUT2D eigenvalue weighted by Crippen LogP contribution is -2.25. The molecule has 2 N–H and O–H groups in total. The smallest absolute Gasteiger partial charge is 0.229 e. The van der Waals surface area contributed by atoms with Crippen LogP contribution in [0.15, 0.2) is 23.1 Å². The van der Waals surface area contributed by atoms with Gasteiger partial charge in [0.2, 0.25) is 5.91 Å². The molecule has 104 valence electrons. The van der Waals surface area contributed by atoms with Crippen molar-refractivity contribution in [2.45, 2.75) is 24.7 Å². The first-order chi connectivity index (χ1) is 8.93. The molecule has 0 saturated heterocycles. The second-order valence-electron chi connectivity index (χ2n) is 4.81. The number of hydrogen-bond acceptors (Lipinski definition) is 4. The molecular weight excluding hydrogens is 264 g/mol. The number of sulfone groups is 1. The van der Waals surface area contributed by atoms with Crippen molar-refractivity contribution in [1.82, 2.24) is 0 Å². The van der Waals surface area contributed by atoms with Crippen molar-refractivity contribution in [3.05, 3.63) is 18.2 Å². The van der Waals surface area contributed by atoms with E-state index < -0.39 is 9.84 Å². The predicted octanol–water partition coefficient (Wildman–Crippen LogP) is 1.87. The van der Waals surface area contributed by atoms with Crippen LogP contribution in [-0.2, 0) is 14.6 Å². The highest BCUT2D eigenvalue weighted by molar-refractivity contribution is 7.90. The van der Waals surface area contributed by atoms with Crippen LogP contribution < -0.4 is 10.6 Å². The SMILES string of the molecule is CCCC1CNc2cccc(S(C)(=O)=O)c2NC1=O. The topological polar surface area (TPSA) is 75.3 Å². The minimum absolute atomic E-state index is 0.121. The number of anilines is 2. The van der Waals surface area contributed by atoms with Gasteiger partial charge in [-0.3, -0.25) is 4.79 Å². The van der Waals surface area contributed by atoms with Crippen molar-refractivity contribution in [2.75, 3.05) is 23.4 Å². The fourth-order valence-corrected chi connectivity index (χ4v) is 3.11. The zero-order valence-corrected chi connectivity index (χ0v) is 11.9. The molecule has 0 radical (unpaired) electrons. The van der Waals surface area contributed by atoms with Gasteiger partial charge in [-0.05, 0) is 18.6 Å².